The number of alkyl halides is 1. The van der Waals surface area contributed by atoms with Crippen molar-refractivity contribution in [1.29, 1.82) is 0 Å². The van der Waals surface area contributed by atoms with Crippen LogP contribution in [0.4, 0.5) is 17.1 Å². The summed E-state index contributed by atoms with van der Waals surface area (Å²) in [5, 5.41) is 33.1. The highest BCUT2D eigenvalue weighted by Crippen LogP contribution is 2.24. The molecule has 27 heteroatoms. The number of aromatic carboxylic acids is 2. The molecule has 0 aliphatic heterocycles. The Morgan fingerprint density at radius 3 is 0.779 bits per heavy atom. The topological polar surface area (TPSA) is 386 Å². The molecule has 0 saturated carbocycles. The molecule has 0 aliphatic carbocycles. The average Bonchev–Trinajstić information content (AvgIpc) is 0.881. The van der Waals surface area contributed by atoms with E-state index in [-0.39, 0.29) is 40.6 Å². The van der Waals surface area contributed by atoms with Crippen molar-refractivity contribution < 1.29 is 101 Å². The first-order chi connectivity index (χ1) is 66.0. The predicted molar refractivity (Wildman–Crippen MR) is 524 cm³/mol. The van der Waals surface area contributed by atoms with Crippen LogP contribution in [0.15, 0.2) is 400 Å². The third-order valence-corrected chi connectivity index (χ3v) is 19.1. The Labute approximate surface area is 795 Å². The lowest BCUT2D eigenvalue weighted by Gasteiger charge is -2.09. The Bertz CT molecular complexity index is 5980. The Kier molecular flexibility index (Phi) is 44.5. The molecule has 15 rings (SSSR count). The highest BCUT2D eigenvalue weighted by molar-refractivity contribution is 9.08. The third kappa shape index (κ3) is 38.3. The van der Waals surface area contributed by atoms with Gasteiger partial charge in [-0.3, -0.25) is 19.8 Å². The van der Waals surface area contributed by atoms with Gasteiger partial charge < -0.3 is 74.3 Å². The van der Waals surface area contributed by atoms with Crippen molar-refractivity contribution in [2.75, 3.05) is 44.8 Å². The number of nitrogen functional groups attached to an aromatic ring is 2. The summed E-state index contributed by atoms with van der Waals surface area (Å²) in [7, 11) is 5.31. The van der Waals surface area contributed by atoms with Gasteiger partial charge in [-0.1, -0.05) is 253 Å². The van der Waals surface area contributed by atoms with Gasteiger partial charge in [0.05, 0.1) is 61.8 Å². The maximum Gasteiger partial charge on any atom is 0.337 e. The van der Waals surface area contributed by atoms with Gasteiger partial charge in [0.1, 0.15) is 67.5 Å². The van der Waals surface area contributed by atoms with E-state index in [1.54, 1.807) is 176 Å². The van der Waals surface area contributed by atoms with Crippen LogP contribution < -0.4 is 51.3 Å². The Hall–Kier alpha value is -17.4. The number of aromatic hydroxyl groups is 1. The maximum atomic E-state index is 12.5. The number of carbonyl (C=O) groups excluding carboxylic acids is 7. The number of phenolic OH excluding ortho intramolecular Hbond substituents is 1. The highest BCUT2D eigenvalue weighted by atomic mass is 79.9. The lowest BCUT2D eigenvalue weighted by Crippen LogP contribution is -2.30. The number of hydrogen-bond donors (Lipinski definition) is 8. The number of ether oxygens (including phenoxy) is 9. The quantitative estimate of drug-likeness (QED) is 0.00451. The number of halogens is 1. The zero-order valence-electron chi connectivity index (χ0n) is 74.6. The molecule has 694 valence electrons. The lowest BCUT2D eigenvalue weighted by atomic mass is 10.1. The van der Waals surface area contributed by atoms with Crippen LogP contribution in [-0.2, 0) is 57.3 Å². The van der Waals surface area contributed by atoms with E-state index in [9.17, 15) is 43.2 Å². The monoisotopic (exact) mass is 1890 g/mol. The molecule has 0 heterocycles. The molecule has 15 aromatic rings. The molecule has 0 bridgehead atoms. The molecule has 0 aliphatic rings. The van der Waals surface area contributed by atoms with Gasteiger partial charge in [-0.25, -0.2) is 34.6 Å². The standard InChI is InChI=1S/C22H19NO4.C21H19N3O3.C15H14O3.2C14H12O3.C8H9NO2.C8H8O3.C7H7Br/c1-26-22(25)18-10-5-11-19(13-18)23-21(24)17-9-6-12-20(14-17)27-15-16-7-3-2-4-8-16;22-24-21(26)16-8-4-10-18(12-16)23-20(25)17-9-5-11-19(13-17)27-14-15-6-2-1-3-7-15;1-17-15(16)13-8-5-9-14(10-13)18-11-12-6-3-2-4-7-12;2*15-14(16)12-7-4-8-13(9-12)17-10-11-5-2-1-3-6-11;2*1-11-8(10)6-3-2-4-7(9)5-6;8-6-7-4-2-1-3-5-7/h2-14H,15H2,1H3,(H,23,24);1-13H,14,22H2,(H,23,25)(H,24,26);2-10H,11H2,1H3;2*1-9H,10H2,(H,15,16);2-5H,9H2,1H3;2-5,9H,1H3;1-5H,6H2. The van der Waals surface area contributed by atoms with Crippen LogP contribution in [0.1, 0.15) is 127 Å². The highest BCUT2D eigenvalue weighted by Gasteiger charge is 2.15. The first kappa shape index (κ1) is 104. The van der Waals surface area contributed by atoms with Crippen LogP contribution in [0, 0.1) is 0 Å². The Balaban J connectivity index is 0.000000196. The summed E-state index contributed by atoms with van der Waals surface area (Å²) >= 11 is 3.36. The van der Waals surface area contributed by atoms with E-state index < -0.39 is 29.8 Å². The number of carboxylic acids is 2. The van der Waals surface area contributed by atoms with Gasteiger partial charge in [0.2, 0.25) is 0 Å². The largest absolute Gasteiger partial charge is 0.508 e. The molecular weight excluding hydrogens is 1800 g/mol. The van der Waals surface area contributed by atoms with Crippen LogP contribution in [-0.4, -0.2) is 97.3 Å². The fourth-order valence-electron chi connectivity index (χ4n) is 11.6. The molecule has 0 atom stereocenters. The number of methoxy groups -OCH3 is 4. The van der Waals surface area contributed by atoms with Crippen molar-refractivity contribution in [3.8, 4) is 34.5 Å². The second-order valence-electron chi connectivity index (χ2n) is 28.4. The van der Waals surface area contributed by atoms with Crippen molar-refractivity contribution >= 4 is 86.5 Å². The fourth-order valence-corrected chi connectivity index (χ4v) is 12.0. The Morgan fingerprint density at radius 2 is 0.500 bits per heavy atom. The van der Waals surface area contributed by atoms with E-state index in [1.165, 1.54) is 70.4 Å². The minimum absolute atomic E-state index is 0.0629. The van der Waals surface area contributed by atoms with E-state index in [4.69, 9.17) is 55.3 Å². The van der Waals surface area contributed by atoms with Crippen LogP contribution in [0.5, 0.6) is 34.5 Å². The molecule has 10 N–H and O–H groups in total. The van der Waals surface area contributed by atoms with Crippen LogP contribution in [0.25, 0.3) is 0 Å². The molecule has 0 spiro atoms. The van der Waals surface area contributed by atoms with Crippen LogP contribution in [0.3, 0.4) is 0 Å². The number of rotatable bonds is 27. The molecule has 136 heavy (non-hydrogen) atoms. The summed E-state index contributed by atoms with van der Waals surface area (Å²) < 4.78 is 46.5. The summed E-state index contributed by atoms with van der Waals surface area (Å²) in [5.41, 5.74) is 19.1. The number of nitrogens with two attached hydrogens (primary N) is 2. The molecule has 0 radical (unpaired) electrons. The summed E-state index contributed by atoms with van der Waals surface area (Å²) in [5.74, 6) is 3.64. The fraction of sp³-hybridized carbons (Fsp3) is 0.0917. The number of carboxylic acid groups (broad SMARTS) is 2. The third-order valence-electron chi connectivity index (χ3n) is 18.5. The number of phenols is 1. The first-order valence-corrected chi connectivity index (χ1v) is 42.9. The smallest absolute Gasteiger partial charge is 0.337 e. The summed E-state index contributed by atoms with van der Waals surface area (Å²) in [6.07, 6.45) is 0. The number of nitrogens with one attached hydrogen (secondary N) is 3. The van der Waals surface area contributed by atoms with Gasteiger partial charge in [-0.15, -0.1) is 0 Å². The van der Waals surface area contributed by atoms with E-state index in [0.29, 0.717) is 118 Å². The van der Waals surface area contributed by atoms with E-state index in [1.807, 2.05) is 176 Å². The average molecular weight is 1900 g/mol. The number of benzene rings is 15. The number of anilines is 3. The zero-order valence-corrected chi connectivity index (χ0v) is 76.2. The lowest BCUT2D eigenvalue weighted by molar-refractivity contribution is 0.0591. The maximum absolute atomic E-state index is 12.5. The minimum atomic E-state index is -0.949. The van der Waals surface area contributed by atoms with Gasteiger partial charge in [0, 0.05) is 39.1 Å². The molecule has 0 saturated heterocycles. The van der Waals surface area contributed by atoms with Gasteiger partial charge in [-0.05, 0) is 197 Å². The summed E-state index contributed by atoms with van der Waals surface area (Å²) in [6, 6.07) is 119. The van der Waals surface area contributed by atoms with Crippen molar-refractivity contribution in [3.05, 3.63) is 484 Å². The van der Waals surface area contributed by atoms with E-state index in [2.05, 4.69) is 58.3 Å². The number of amides is 3. The molecule has 0 fully saturated rings. The second-order valence-corrected chi connectivity index (χ2v) is 29.0. The van der Waals surface area contributed by atoms with Crippen LogP contribution in [0.2, 0.25) is 0 Å². The van der Waals surface area contributed by atoms with Crippen LogP contribution >= 0.6 is 15.9 Å². The minimum Gasteiger partial charge on any atom is -0.508 e. The van der Waals surface area contributed by atoms with Gasteiger partial charge in [0.15, 0.2) is 0 Å². The van der Waals surface area contributed by atoms with Gasteiger partial charge in [-0.2, -0.15) is 0 Å². The molecule has 15 aromatic carbocycles. The van der Waals surface area contributed by atoms with Gasteiger partial charge >= 0.3 is 35.8 Å². The van der Waals surface area contributed by atoms with Crippen molar-refractivity contribution in [3.63, 3.8) is 0 Å². The molecular formula is C109H100BrN5O21. The van der Waals surface area contributed by atoms with Gasteiger partial charge in [0.25, 0.3) is 17.7 Å². The number of esters is 4. The summed E-state index contributed by atoms with van der Waals surface area (Å²) in [6.45, 7) is 2.19. The van der Waals surface area contributed by atoms with Crippen molar-refractivity contribution in [2.45, 2.75) is 38.4 Å². The predicted octanol–water partition coefficient (Wildman–Crippen LogP) is 21.2. The normalized spacial score (nSPS) is 9.81. The molecule has 0 unspecified atom stereocenters. The van der Waals surface area contributed by atoms with Crippen molar-refractivity contribution in [2.24, 2.45) is 5.84 Å². The second kappa shape index (κ2) is 58.3. The number of hydrazine groups is 1. The number of hydrogen-bond acceptors (Lipinski definition) is 21. The summed E-state index contributed by atoms with van der Waals surface area (Å²) in [4.78, 5) is 103. The molecule has 26 nitrogen and oxygen atoms in total. The zero-order chi connectivity index (χ0) is 97.4. The van der Waals surface area contributed by atoms with E-state index in [0.717, 1.165) is 33.1 Å². The molecule has 0 aromatic heterocycles. The first-order valence-electron chi connectivity index (χ1n) is 41.7. The number of carbonyl (C=O) groups is 9. The molecule has 3 amide bonds. The Morgan fingerprint density at radius 1 is 0.265 bits per heavy atom. The van der Waals surface area contributed by atoms with E-state index >= 15 is 0 Å². The SMILES string of the molecule is BrCc1ccccc1.COC(=O)c1cccc(N)c1.COC(=O)c1cccc(NC(=O)c2cccc(OCc3ccccc3)c2)c1.COC(=O)c1cccc(O)c1.COC(=O)c1cccc(OCc2ccccc2)c1.NNC(=O)c1cccc(NC(=O)c2cccc(OCc3ccccc3)c2)c1.O=C(O)c1cccc(OCc2ccccc2)c1.O=C(O)c1cccc(OCc2ccccc2)c1. The van der Waals surface area contributed by atoms with Crippen molar-refractivity contribution in [1.82, 2.24) is 5.43 Å².